The van der Waals surface area contributed by atoms with Gasteiger partial charge < -0.3 is 9.84 Å². The Morgan fingerprint density at radius 2 is 1.76 bits per heavy atom. The van der Waals surface area contributed by atoms with E-state index >= 15 is 0 Å². The number of carbonyl (C=O) groups excluding carboxylic acids is 1. The minimum atomic E-state index is -4.58. The van der Waals surface area contributed by atoms with Crippen molar-refractivity contribution < 1.29 is 27.8 Å². The van der Waals surface area contributed by atoms with Crippen LogP contribution in [0, 0.1) is 0 Å². The largest absolute Gasteiger partial charge is 0.507 e. The summed E-state index contributed by atoms with van der Waals surface area (Å²) in [7, 11) is 0. The first kappa shape index (κ1) is 14.9. The molecule has 2 rings (SSSR count). The van der Waals surface area contributed by atoms with Crippen LogP contribution in [0.25, 0.3) is 0 Å². The molecule has 1 N–H and O–H groups in total. The lowest BCUT2D eigenvalue weighted by Gasteiger charge is -2.10. The summed E-state index contributed by atoms with van der Waals surface area (Å²) in [6.07, 6.45) is -4.58. The summed E-state index contributed by atoms with van der Waals surface area (Å²) in [6.45, 7) is -0.0276. The number of phenols is 1. The molecular weight excluding hydrogens is 285 g/mol. The summed E-state index contributed by atoms with van der Waals surface area (Å²) in [5.41, 5.74) is -0.601. The average Bonchev–Trinajstić information content (AvgIpc) is 2.45. The zero-order valence-corrected chi connectivity index (χ0v) is 10.7. The minimum Gasteiger partial charge on any atom is -0.507 e. The molecule has 110 valence electrons. The van der Waals surface area contributed by atoms with Gasteiger partial charge in [-0.1, -0.05) is 30.3 Å². The number of esters is 1. The highest BCUT2D eigenvalue weighted by molar-refractivity contribution is 5.92. The van der Waals surface area contributed by atoms with E-state index < -0.39 is 23.5 Å². The summed E-state index contributed by atoms with van der Waals surface area (Å²) in [4.78, 5) is 11.7. The molecule has 0 heterocycles. The lowest BCUT2D eigenvalue weighted by Crippen LogP contribution is -2.08. The highest BCUT2D eigenvalue weighted by atomic mass is 19.4. The molecule has 3 nitrogen and oxygen atoms in total. The number of ether oxygens (including phenoxy) is 1. The number of aromatic hydroxyl groups is 1. The number of benzene rings is 2. The third-order valence-electron chi connectivity index (χ3n) is 2.76. The molecule has 0 amide bonds. The molecule has 2 aromatic rings. The molecule has 0 unspecified atom stereocenters. The summed E-state index contributed by atoms with van der Waals surface area (Å²) >= 11 is 0. The Morgan fingerprint density at radius 1 is 1.10 bits per heavy atom. The number of hydrogen-bond donors (Lipinski definition) is 1. The summed E-state index contributed by atoms with van der Waals surface area (Å²) in [5.74, 6) is -1.65. The van der Waals surface area contributed by atoms with Gasteiger partial charge in [-0.05, 0) is 23.8 Å². The van der Waals surface area contributed by atoms with Gasteiger partial charge in [0.05, 0.1) is 5.56 Å². The lowest BCUT2D eigenvalue weighted by atomic mass is 10.1. The fraction of sp³-hybridized carbons (Fsp3) is 0.133. The predicted molar refractivity (Wildman–Crippen MR) is 68.7 cm³/mol. The number of carbonyl (C=O) groups is 1. The molecular formula is C15H11F3O3. The number of phenolic OH excluding ortho intramolecular Hbond substituents is 1. The van der Waals surface area contributed by atoms with Crippen molar-refractivity contribution in [1.82, 2.24) is 0 Å². The van der Waals surface area contributed by atoms with Gasteiger partial charge in [0.2, 0.25) is 0 Å². The first-order chi connectivity index (χ1) is 9.88. The van der Waals surface area contributed by atoms with Gasteiger partial charge in [-0.15, -0.1) is 0 Å². The third-order valence-corrected chi connectivity index (χ3v) is 2.76. The molecule has 2 aromatic carbocycles. The van der Waals surface area contributed by atoms with E-state index in [1.54, 1.807) is 30.3 Å². The van der Waals surface area contributed by atoms with Gasteiger partial charge in [-0.3, -0.25) is 0 Å². The van der Waals surface area contributed by atoms with Crippen molar-refractivity contribution in [3.63, 3.8) is 0 Å². The van der Waals surface area contributed by atoms with Crippen LogP contribution in [0.1, 0.15) is 21.5 Å². The van der Waals surface area contributed by atoms with E-state index in [1.807, 2.05) is 0 Å². The average molecular weight is 296 g/mol. The van der Waals surface area contributed by atoms with E-state index in [2.05, 4.69) is 0 Å². The Bertz CT molecular complexity index is 636. The van der Waals surface area contributed by atoms with Gasteiger partial charge >= 0.3 is 12.1 Å². The Labute approximate surface area is 118 Å². The zero-order chi connectivity index (χ0) is 15.5. The smallest absolute Gasteiger partial charge is 0.416 e. The maximum atomic E-state index is 12.4. The molecule has 0 aliphatic heterocycles. The molecule has 6 heteroatoms. The maximum Gasteiger partial charge on any atom is 0.416 e. The Morgan fingerprint density at radius 3 is 2.33 bits per heavy atom. The molecule has 0 fully saturated rings. The SMILES string of the molecule is O=C(OCc1ccccc1)c1ccc(C(F)(F)F)cc1O. The normalized spacial score (nSPS) is 11.2. The lowest BCUT2D eigenvalue weighted by molar-refractivity contribution is -0.137. The van der Waals surface area contributed by atoms with Crippen molar-refractivity contribution in [3.8, 4) is 5.75 Å². The first-order valence-electron chi connectivity index (χ1n) is 5.99. The van der Waals surface area contributed by atoms with Gasteiger partial charge in [0.25, 0.3) is 0 Å². The van der Waals surface area contributed by atoms with Crippen LogP contribution in [0.2, 0.25) is 0 Å². The Balaban J connectivity index is 2.09. The van der Waals surface area contributed by atoms with Crippen molar-refractivity contribution in [2.45, 2.75) is 12.8 Å². The van der Waals surface area contributed by atoms with Gasteiger partial charge in [0.1, 0.15) is 17.9 Å². The molecule has 21 heavy (non-hydrogen) atoms. The molecule has 0 aliphatic carbocycles. The number of alkyl halides is 3. The van der Waals surface area contributed by atoms with E-state index in [4.69, 9.17) is 4.74 Å². The summed E-state index contributed by atoms with van der Waals surface area (Å²) in [5, 5.41) is 9.52. The van der Waals surface area contributed by atoms with Crippen molar-refractivity contribution in [2.24, 2.45) is 0 Å². The predicted octanol–water partition coefficient (Wildman–Crippen LogP) is 3.77. The minimum absolute atomic E-state index is 0.0276. The molecule has 0 spiro atoms. The van der Waals surface area contributed by atoms with Crippen LogP contribution in [0.5, 0.6) is 5.75 Å². The van der Waals surface area contributed by atoms with Crippen LogP contribution in [-0.2, 0) is 17.5 Å². The van der Waals surface area contributed by atoms with Crippen LogP contribution in [0.3, 0.4) is 0 Å². The summed E-state index contributed by atoms with van der Waals surface area (Å²) in [6, 6.07) is 10.9. The van der Waals surface area contributed by atoms with Gasteiger partial charge in [0.15, 0.2) is 0 Å². The molecule has 0 atom stereocenters. The molecule has 0 aromatic heterocycles. The number of hydrogen-bond acceptors (Lipinski definition) is 3. The van der Waals surface area contributed by atoms with Gasteiger partial charge in [-0.2, -0.15) is 13.2 Å². The van der Waals surface area contributed by atoms with E-state index in [1.165, 1.54) is 0 Å². The second-order valence-corrected chi connectivity index (χ2v) is 4.29. The van der Waals surface area contributed by atoms with Crippen molar-refractivity contribution >= 4 is 5.97 Å². The molecule has 0 aliphatic rings. The highest BCUT2D eigenvalue weighted by Gasteiger charge is 2.31. The van der Waals surface area contributed by atoms with Crippen LogP contribution < -0.4 is 0 Å². The van der Waals surface area contributed by atoms with Crippen LogP contribution in [0.15, 0.2) is 48.5 Å². The molecule has 0 saturated heterocycles. The topological polar surface area (TPSA) is 46.5 Å². The standard InChI is InChI=1S/C15H11F3O3/c16-15(17,18)11-6-7-12(13(19)8-11)14(20)21-9-10-4-2-1-3-5-10/h1-8,19H,9H2. The van der Waals surface area contributed by atoms with Crippen molar-refractivity contribution in [1.29, 1.82) is 0 Å². The van der Waals surface area contributed by atoms with E-state index in [-0.39, 0.29) is 12.2 Å². The number of rotatable bonds is 3. The second kappa shape index (κ2) is 5.87. The van der Waals surface area contributed by atoms with Crippen LogP contribution >= 0.6 is 0 Å². The van der Waals surface area contributed by atoms with Crippen molar-refractivity contribution in [3.05, 3.63) is 65.2 Å². The van der Waals surface area contributed by atoms with Gasteiger partial charge in [-0.25, -0.2) is 4.79 Å². The molecule has 0 bridgehead atoms. The van der Waals surface area contributed by atoms with E-state index in [0.717, 1.165) is 17.7 Å². The Hall–Kier alpha value is -2.50. The van der Waals surface area contributed by atoms with Crippen LogP contribution in [-0.4, -0.2) is 11.1 Å². The third kappa shape index (κ3) is 3.75. The fourth-order valence-electron chi connectivity index (χ4n) is 1.68. The molecule has 0 saturated carbocycles. The zero-order valence-electron chi connectivity index (χ0n) is 10.7. The monoisotopic (exact) mass is 296 g/mol. The van der Waals surface area contributed by atoms with Crippen molar-refractivity contribution in [2.75, 3.05) is 0 Å². The maximum absolute atomic E-state index is 12.4. The fourth-order valence-corrected chi connectivity index (χ4v) is 1.68. The van der Waals surface area contributed by atoms with Crippen LogP contribution in [0.4, 0.5) is 13.2 Å². The molecule has 0 radical (unpaired) electrons. The summed E-state index contributed by atoms with van der Waals surface area (Å²) < 4.78 is 42.3. The van der Waals surface area contributed by atoms with E-state index in [9.17, 15) is 23.1 Å². The van der Waals surface area contributed by atoms with Gasteiger partial charge in [0, 0.05) is 0 Å². The highest BCUT2D eigenvalue weighted by Crippen LogP contribution is 2.32. The number of halogens is 3. The first-order valence-corrected chi connectivity index (χ1v) is 5.99. The second-order valence-electron chi connectivity index (χ2n) is 4.29. The Kier molecular flexibility index (Phi) is 4.16. The quantitative estimate of drug-likeness (QED) is 0.877. The van der Waals surface area contributed by atoms with E-state index in [0.29, 0.717) is 6.07 Å².